The van der Waals surface area contributed by atoms with Crippen molar-refractivity contribution in [2.75, 3.05) is 18.2 Å². The summed E-state index contributed by atoms with van der Waals surface area (Å²) in [5.74, 6) is 0.858. The fraction of sp³-hybridized carbons (Fsp3) is 0.500. The highest BCUT2D eigenvalue weighted by atomic mass is 32.2. The lowest BCUT2D eigenvalue weighted by molar-refractivity contribution is -0.139. The zero-order valence-electron chi connectivity index (χ0n) is 16.0. The van der Waals surface area contributed by atoms with Crippen molar-refractivity contribution in [1.82, 2.24) is 15.2 Å². The number of rotatable bonds is 5. The Bertz CT molecular complexity index is 843. The quantitative estimate of drug-likeness (QED) is 0.822. The molecule has 0 saturated carbocycles. The topological polar surface area (TPSA) is 65.2 Å². The number of H-pyrrole nitrogens is 1. The summed E-state index contributed by atoms with van der Waals surface area (Å²) < 4.78 is 13.3. The summed E-state index contributed by atoms with van der Waals surface area (Å²) in [6.45, 7) is 6.55. The van der Waals surface area contributed by atoms with Crippen LogP contribution in [0.3, 0.4) is 0 Å². The fourth-order valence-electron chi connectivity index (χ4n) is 3.26. The number of amides is 2. The van der Waals surface area contributed by atoms with Crippen LogP contribution in [0.5, 0.6) is 0 Å². The van der Waals surface area contributed by atoms with Crippen LogP contribution in [0.15, 0.2) is 24.4 Å². The van der Waals surface area contributed by atoms with Crippen molar-refractivity contribution < 1.29 is 14.0 Å². The minimum atomic E-state index is -0.401. The number of aromatic amines is 1. The Kier molecular flexibility index (Phi) is 5.79. The predicted molar refractivity (Wildman–Crippen MR) is 107 cm³/mol. The third-order valence-electron chi connectivity index (χ3n) is 4.61. The third kappa shape index (κ3) is 4.83. The summed E-state index contributed by atoms with van der Waals surface area (Å²) in [4.78, 5) is 29.8. The van der Waals surface area contributed by atoms with E-state index in [1.807, 2.05) is 27.0 Å². The van der Waals surface area contributed by atoms with Gasteiger partial charge in [0.25, 0.3) is 0 Å². The smallest absolute Gasteiger partial charge is 0.243 e. The molecular weight excluding hydrogens is 365 g/mol. The number of nitrogens with zero attached hydrogens (tertiary/aromatic N) is 1. The first-order valence-corrected chi connectivity index (χ1v) is 10.3. The molecule has 1 fully saturated rings. The van der Waals surface area contributed by atoms with Gasteiger partial charge in [-0.2, -0.15) is 0 Å². The minimum absolute atomic E-state index is 0.0336. The van der Waals surface area contributed by atoms with Crippen molar-refractivity contribution >= 4 is 34.5 Å². The monoisotopic (exact) mass is 391 g/mol. The van der Waals surface area contributed by atoms with E-state index < -0.39 is 6.04 Å². The van der Waals surface area contributed by atoms with Crippen LogP contribution in [0.4, 0.5) is 4.39 Å². The maximum atomic E-state index is 13.3. The van der Waals surface area contributed by atoms with Gasteiger partial charge in [0.15, 0.2) is 0 Å². The molecule has 1 unspecified atom stereocenters. The Morgan fingerprint density at radius 3 is 2.89 bits per heavy atom. The number of hydrogen-bond donors (Lipinski definition) is 2. The molecule has 1 aliphatic rings. The van der Waals surface area contributed by atoms with Gasteiger partial charge in [-0.15, -0.1) is 11.8 Å². The highest BCUT2D eigenvalue weighted by Gasteiger charge is 2.35. The number of thioether (sulfide) groups is 1. The standard InChI is InChI=1S/C20H26FN3O2S/c1-20(2,3)9-18(25)24-12-27-11-17(24)19(26)22-7-6-13-10-23-16-8-14(21)4-5-15(13)16/h4-5,8,10,17,23H,6-7,9,11-12H2,1-3H3,(H,22,26). The number of benzene rings is 1. The number of hydrogen-bond acceptors (Lipinski definition) is 3. The zero-order valence-corrected chi connectivity index (χ0v) is 16.8. The molecule has 0 aliphatic carbocycles. The average Bonchev–Trinajstić information content (AvgIpc) is 3.20. The van der Waals surface area contributed by atoms with E-state index in [0.29, 0.717) is 31.0 Å². The normalized spacial score (nSPS) is 17.5. The van der Waals surface area contributed by atoms with Gasteiger partial charge >= 0.3 is 0 Å². The maximum Gasteiger partial charge on any atom is 0.243 e. The molecular formula is C20H26FN3O2S. The van der Waals surface area contributed by atoms with Crippen LogP contribution in [0.25, 0.3) is 10.9 Å². The van der Waals surface area contributed by atoms with Crippen LogP contribution in [0.1, 0.15) is 32.8 Å². The minimum Gasteiger partial charge on any atom is -0.361 e. The molecule has 1 aromatic carbocycles. The number of carbonyl (C=O) groups is 2. The van der Waals surface area contributed by atoms with Gasteiger partial charge in [-0.25, -0.2) is 4.39 Å². The molecule has 27 heavy (non-hydrogen) atoms. The second kappa shape index (κ2) is 7.92. The van der Waals surface area contributed by atoms with Crippen molar-refractivity contribution in [3.05, 3.63) is 35.8 Å². The average molecular weight is 392 g/mol. The van der Waals surface area contributed by atoms with Crippen LogP contribution in [0, 0.1) is 11.2 Å². The molecule has 0 spiro atoms. The first kappa shape index (κ1) is 19.7. The summed E-state index contributed by atoms with van der Waals surface area (Å²) in [5.41, 5.74) is 1.69. The molecule has 2 aromatic rings. The first-order chi connectivity index (χ1) is 12.7. The van der Waals surface area contributed by atoms with E-state index in [4.69, 9.17) is 0 Å². The molecule has 2 heterocycles. The van der Waals surface area contributed by atoms with Gasteiger partial charge in [0.05, 0.1) is 5.88 Å². The second-order valence-electron chi connectivity index (χ2n) is 8.16. The van der Waals surface area contributed by atoms with Gasteiger partial charge in [0.2, 0.25) is 11.8 Å². The van der Waals surface area contributed by atoms with Crippen molar-refractivity contribution in [2.45, 2.75) is 39.7 Å². The molecule has 146 valence electrons. The number of fused-ring (bicyclic) bond motifs is 1. The maximum absolute atomic E-state index is 13.3. The molecule has 5 nitrogen and oxygen atoms in total. The number of halogens is 1. The van der Waals surface area contributed by atoms with Crippen LogP contribution in [-0.2, 0) is 16.0 Å². The van der Waals surface area contributed by atoms with Crippen molar-refractivity contribution in [3.8, 4) is 0 Å². The van der Waals surface area contributed by atoms with Gasteiger partial charge in [-0.05, 0) is 35.6 Å². The van der Waals surface area contributed by atoms with Gasteiger partial charge < -0.3 is 15.2 Å². The highest BCUT2D eigenvalue weighted by molar-refractivity contribution is 7.99. The first-order valence-electron chi connectivity index (χ1n) is 9.15. The molecule has 1 saturated heterocycles. The summed E-state index contributed by atoms with van der Waals surface area (Å²) in [6, 6.07) is 4.25. The summed E-state index contributed by atoms with van der Waals surface area (Å²) in [5, 5.41) is 3.91. The van der Waals surface area contributed by atoms with Gasteiger partial charge in [0, 0.05) is 35.8 Å². The van der Waals surface area contributed by atoms with E-state index in [-0.39, 0.29) is 23.0 Å². The van der Waals surface area contributed by atoms with E-state index in [9.17, 15) is 14.0 Å². The SMILES string of the molecule is CC(C)(C)CC(=O)N1CSCC1C(=O)NCCc1c[nH]c2cc(F)ccc12. The van der Waals surface area contributed by atoms with Crippen LogP contribution in [-0.4, -0.2) is 45.9 Å². The number of nitrogens with one attached hydrogen (secondary N) is 2. The molecule has 0 radical (unpaired) electrons. The van der Waals surface area contributed by atoms with Crippen LogP contribution < -0.4 is 5.32 Å². The molecule has 2 N–H and O–H groups in total. The second-order valence-corrected chi connectivity index (χ2v) is 9.16. The van der Waals surface area contributed by atoms with E-state index in [1.165, 1.54) is 12.1 Å². The van der Waals surface area contributed by atoms with Crippen LogP contribution in [0.2, 0.25) is 0 Å². The van der Waals surface area contributed by atoms with Crippen molar-refractivity contribution in [2.24, 2.45) is 5.41 Å². The largest absolute Gasteiger partial charge is 0.361 e. The lowest BCUT2D eigenvalue weighted by Gasteiger charge is -2.26. The third-order valence-corrected chi connectivity index (χ3v) is 5.62. The van der Waals surface area contributed by atoms with E-state index >= 15 is 0 Å². The molecule has 1 aliphatic heterocycles. The molecule has 7 heteroatoms. The molecule has 3 rings (SSSR count). The summed E-state index contributed by atoms with van der Waals surface area (Å²) in [7, 11) is 0. The molecule has 0 bridgehead atoms. The van der Waals surface area contributed by atoms with E-state index in [0.717, 1.165) is 16.5 Å². The van der Waals surface area contributed by atoms with Gasteiger partial charge in [-0.3, -0.25) is 9.59 Å². The summed E-state index contributed by atoms with van der Waals surface area (Å²) in [6.07, 6.45) is 2.93. The Balaban J connectivity index is 1.56. The Labute approximate surface area is 163 Å². The van der Waals surface area contributed by atoms with E-state index in [1.54, 1.807) is 22.7 Å². The fourth-order valence-corrected chi connectivity index (χ4v) is 4.45. The molecule has 1 atom stereocenters. The number of carbonyl (C=O) groups excluding carboxylic acids is 2. The summed E-state index contributed by atoms with van der Waals surface area (Å²) >= 11 is 1.61. The zero-order chi connectivity index (χ0) is 19.6. The van der Waals surface area contributed by atoms with Crippen LogP contribution >= 0.6 is 11.8 Å². The Hall–Kier alpha value is -2.02. The molecule has 2 amide bonds. The lowest BCUT2D eigenvalue weighted by Crippen LogP contribution is -2.48. The van der Waals surface area contributed by atoms with Gasteiger partial charge in [0.1, 0.15) is 11.9 Å². The lowest BCUT2D eigenvalue weighted by atomic mass is 9.91. The van der Waals surface area contributed by atoms with Crippen molar-refractivity contribution in [3.63, 3.8) is 0 Å². The van der Waals surface area contributed by atoms with Crippen molar-refractivity contribution in [1.29, 1.82) is 0 Å². The Morgan fingerprint density at radius 1 is 1.37 bits per heavy atom. The molecule has 1 aromatic heterocycles. The highest BCUT2D eigenvalue weighted by Crippen LogP contribution is 2.26. The number of aromatic nitrogens is 1. The van der Waals surface area contributed by atoms with Gasteiger partial charge in [-0.1, -0.05) is 20.8 Å². The van der Waals surface area contributed by atoms with E-state index in [2.05, 4.69) is 10.3 Å². The Morgan fingerprint density at radius 2 is 2.15 bits per heavy atom. The predicted octanol–water partition coefficient (Wildman–Crippen LogP) is 3.30.